The summed E-state index contributed by atoms with van der Waals surface area (Å²) < 4.78 is 48.3. The summed E-state index contributed by atoms with van der Waals surface area (Å²) in [7, 11) is -0.757. The number of hydrogen-bond acceptors (Lipinski definition) is 8. The number of benzene rings is 1. The van der Waals surface area contributed by atoms with E-state index in [1.54, 1.807) is 21.8 Å². The van der Waals surface area contributed by atoms with Crippen molar-refractivity contribution in [3.05, 3.63) is 23.6 Å². The summed E-state index contributed by atoms with van der Waals surface area (Å²) in [5, 5.41) is 8.46. The molecule has 3 saturated heterocycles. The Bertz CT molecular complexity index is 1520. The van der Waals surface area contributed by atoms with Crippen molar-refractivity contribution in [2.45, 2.75) is 135 Å². The van der Waals surface area contributed by atoms with E-state index in [1.807, 2.05) is 55.4 Å². The van der Waals surface area contributed by atoms with Crippen molar-refractivity contribution >= 4 is 35.7 Å². The number of likely N-dealkylation sites (tertiary alicyclic amines) is 1. The number of amides is 2. The van der Waals surface area contributed by atoms with Crippen molar-refractivity contribution in [3.63, 3.8) is 0 Å². The Kier molecular flexibility index (Phi) is 9.30. The minimum absolute atomic E-state index is 0.0670. The van der Waals surface area contributed by atoms with Gasteiger partial charge in [-0.25, -0.2) is 18.7 Å². The van der Waals surface area contributed by atoms with Crippen molar-refractivity contribution in [2.75, 3.05) is 26.3 Å². The Balaban J connectivity index is 1.13. The molecule has 264 valence electrons. The topological polar surface area (TPSA) is 113 Å². The fourth-order valence-corrected chi connectivity index (χ4v) is 7.26. The van der Waals surface area contributed by atoms with Crippen LogP contribution >= 0.6 is 0 Å². The van der Waals surface area contributed by atoms with Crippen LogP contribution in [0.25, 0.3) is 10.9 Å². The molecule has 1 aromatic heterocycles. The van der Waals surface area contributed by atoms with Crippen LogP contribution in [0, 0.1) is 11.7 Å². The summed E-state index contributed by atoms with van der Waals surface area (Å²) in [6.07, 6.45) is 6.33. The highest BCUT2D eigenvalue weighted by atomic mass is 19.1. The minimum atomic E-state index is -0.757. The third-order valence-electron chi connectivity index (χ3n) is 10.6. The largest absolute Gasteiger partial charge is 0.495 e. The van der Waals surface area contributed by atoms with Crippen LogP contribution in [-0.2, 0) is 23.5 Å². The number of aromatic nitrogens is 2. The molecule has 3 aliphatic heterocycles. The van der Waals surface area contributed by atoms with Gasteiger partial charge in [0.2, 0.25) is 0 Å². The first-order chi connectivity index (χ1) is 22.5. The molecule has 6 rings (SSSR count). The van der Waals surface area contributed by atoms with Gasteiger partial charge in [-0.2, -0.15) is 5.10 Å². The van der Waals surface area contributed by atoms with Crippen LogP contribution in [0.2, 0.25) is 0 Å². The van der Waals surface area contributed by atoms with Crippen molar-refractivity contribution in [3.8, 4) is 0 Å². The number of carbonyl (C=O) groups is 2. The number of halogens is 1. The first-order valence-electron chi connectivity index (χ1n) is 17.6. The van der Waals surface area contributed by atoms with Crippen LogP contribution in [-0.4, -0.2) is 82.6 Å². The zero-order chi connectivity index (χ0) is 34.6. The standard InChI is InChI=1S/C35H52BFN4O7/c1-32(2,3)46-31(43)40-15-11-14-35(8,21-40)39-30(42)45-17-13-22-18-23(22)28-25(37)19-26-24(20-38-41(26)27-12-9-10-16-44-27)29(28)36-47-33(4,5)34(6,7)48-36/h19-20,22-23,27H,9-18,21H2,1-8H3,(H,39,42)/t22-,23+,27?,35-/m1/s1. The van der Waals surface area contributed by atoms with Crippen LogP contribution in [0.4, 0.5) is 14.0 Å². The van der Waals surface area contributed by atoms with Gasteiger partial charge in [-0.05, 0) is 123 Å². The second-order valence-corrected chi connectivity index (χ2v) is 16.3. The lowest BCUT2D eigenvalue weighted by atomic mass is 9.72. The van der Waals surface area contributed by atoms with E-state index in [4.69, 9.17) is 23.5 Å². The third-order valence-corrected chi connectivity index (χ3v) is 10.6. The SMILES string of the molecule is CC(C)(C)OC(=O)N1CCC[C@@](C)(NC(=O)OCC[C@@H]2C[C@@H]2c2c(F)cc3c(cnn3C3CCCCO3)c2B2OC(C)(C)C(C)(C)O2)C1. The lowest BCUT2D eigenvalue weighted by molar-refractivity contribution is -0.0366. The van der Waals surface area contributed by atoms with E-state index >= 15 is 4.39 Å². The van der Waals surface area contributed by atoms with Crippen molar-refractivity contribution < 1.29 is 37.5 Å². The molecule has 1 saturated carbocycles. The van der Waals surface area contributed by atoms with E-state index in [9.17, 15) is 9.59 Å². The van der Waals surface area contributed by atoms with Crippen LogP contribution in [0.3, 0.4) is 0 Å². The average Bonchev–Trinajstić information content (AvgIpc) is 3.55. The summed E-state index contributed by atoms with van der Waals surface area (Å²) >= 11 is 0. The van der Waals surface area contributed by atoms with Gasteiger partial charge >= 0.3 is 19.3 Å². The highest BCUT2D eigenvalue weighted by Gasteiger charge is 2.54. The summed E-state index contributed by atoms with van der Waals surface area (Å²) in [6.45, 7) is 17.2. The van der Waals surface area contributed by atoms with E-state index in [2.05, 4.69) is 10.4 Å². The fourth-order valence-electron chi connectivity index (χ4n) is 7.26. The molecule has 1 unspecified atom stereocenters. The number of ether oxygens (including phenoxy) is 3. The van der Waals surface area contributed by atoms with Crippen LogP contribution in [0.5, 0.6) is 0 Å². The number of alkyl carbamates (subject to hydrolysis) is 1. The highest BCUT2D eigenvalue weighted by molar-refractivity contribution is 6.65. The van der Waals surface area contributed by atoms with Gasteiger partial charge in [-0.1, -0.05) is 0 Å². The molecule has 1 aromatic carbocycles. The van der Waals surface area contributed by atoms with Gasteiger partial charge < -0.3 is 33.7 Å². The van der Waals surface area contributed by atoms with Gasteiger partial charge in [0.15, 0.2) is 6.23 Å². The van der Waals surface area contributed by atoms with Crippen LogP contribution in [0.1, 0.15) is 118 Å². The van der Waals surface area contributed by atoms with E-state index in [0.717, 1.165) is 43.9 Å². The van der Waals surface area contributed by atoms with Crippen LogP contribution in [0.15, 0.2) is 12.3 Å². The summed E-state index contributed by atoms with van der Waals surface area (Å²) in [5.74, 6) is -0.242. The van der Waals surface area contributed by atoms with Gasteiger partial charge in [-0.15, -0.1) is 0 Å². The molecule has 0 radical (unpaired) electrons. The maximum Gasteiger partial charge on any atom is 0.495 e. The first-order valence-corrected chi connectivity index (χ1v) is 17.6. The van der Waals surface area contributed by atoms with Gasteiger partial charge in [0, 0.05) is 31.1 Å². The van der Waals surface area contributed by atoms with Crippen molar-refractivity contribution in [1.29, 1.82) is 0 Å². The second-order valence-electron chi connectivity index (χ2n) is 16.3. The molecule has 4 aliphatic rings. The zero-order valence-electron chi connectivity index (χ0n) is 29.8. The van der Waals surface area contributed by atoms with Gasteiger partial charge in [0.1, 0.15) is 11.4 Å². The molecule has 2 amide bonds. The molecule has 13 heteroatoms. The molecule has 48 heavy (non-hydrogen) atoms. The number of carbonyl (C=O) groups excluding carboxylic acids is 2. The van der Waals surface area contributed by atoms with Gasteiger partial charge in [0.25, 0.3) is 0 Å². The Morgan fingerprint density at radius 1 is 1.12 bits per heavy atom. The number of hydrogen-bond donors (Lipinski definition) is 1. The van der Waals surface area contributed by atoms with Gasteiger partial charge in [0.05, 0.1) is 35.1 Å². The Hall–Kier alpha value is -2.90. The van der Waals surface area contributed by atoms with E-state index in [1.165, 1.54) is 0 Å². The summed E-state index contributed by atoms with van der Waals surface area (Å²) in [5.41, 5.74) is -0.459. The lowest BCUT2D eigenvalue weighted by Crippen LogP contribution is -2.58. The molecule has 0 spiro atoms. The number of fused-ring (bicyclic) bond motifs is 1. The van der Waals surface area contributed by atoms with Crippen LogP contribution < -0.4 is 10.8 Å². The second kappa shape index (κ2) is 12.8. The average molecular weight is 671 g/mol. The maximum absolute atomic E-state index is 16.3. The third kappa shape index (κ3) is 7.19. The summed E-state index contributed by atoms with van der Waals surface area (Å²) in [4.78, 5) is 27.2. The molecule has 4 heterocycles. The zero-order valence-corrected chi connectivity index (χ0v) is 29.8. The molecular formula is C35H52BFN4O7. The molecule has 2 aromatic rings. The van der Waals surface area contributed by atoms with Crippen molar-refractivity contribution in [2.24, 2.45) is 5.92 Å². The van der Waals surface area contributed by atoms with E-state index in [0.29, 0.717) is 42.7 Å². The summed E-state index contributed by atoms with van der Waals surface area (Å²) in [6, 6.07) is 1.58. The predicted molar refractivity (Wildman–Crippen MR) is 180 cm³/mol. The predicted octanol–water partition coefficient (Wildman–Crippen LogP) is 6.18. The Morgan fingerprint density at radius 2 is 1.85 bits per heavy atom. The van der Waals surface area contributed by atoms with E-state index < -0.39 is 35.6 Å². The molecule has 4 fully saturated rings. The monoisotopic (exact) mass is 670 g/mol. The number of nitrogens with zero attached hydrogens (tertiary/aromatic N) is 3. The molecule has 1 aliphatic carbocycles. The van der Waals surface area contributed by atoms with Crippen molar-refractivity contribution in [1.82, 2.24) is 20.0 Å². The fraction of sp³-hybridized carbons (Fsp3) is 0.743. The molecule has 11 nitrogen and oxygen atoms in total. The smallest absolute Gasteiger partial charge is 0.450 e. The number of nitrogens with one attached hydrogen (secondary N) is 1. The normalized spacial score (nSPS) is 28.4. The Morgan fingerprint density at radius 3 is 2.52 bits per heavy atom. The van der Waals surface area contributed by atoms with Gasteiger partial charge in [-0.3, -0.25) is 0 Å². The Labute approximate surface area is 283 Å². The van der Waals surface area contributed by atoms with E-state index in [-0.39, 0.29) is 36.6 Å². The minimum Gasteiger partial charge on any atom is -0.450 e. The maximum atomic E-state index is 16.3. The highest BCUT2D eigenvalue weighted by Crippen LogP contribution is 2.51. The number of piperidine rings is 1. The first kappa shape index (κ1) is 34.9. The molecular weight excluding hydrogens is 618 g/mol. The molecule has 4 atom stereocenters. The molecule has 1 N–H and O–H groups in total. The lowest BCUT2D eigenvalue weighted by Gasteiger charge is -2.40. The quantitative estimate of drug-likeness (QED) is 0.348. The molecule has 0 bridgehead atoms. The number of rotatable bonds is 7.